The first-order valence-electron chi connectivity index (χ1n) is 9.27. The Morgan fingerprint density at radius 3 is 2.47 bits per heavy atom. The largest absolute Gasteiger partial charge is 0.482 e. The van der Waals surface area contributed by atoms with Gasteiger partial charge in [-0.15, -0.1) is 0 Å². The van der Waals surface area contributed by atoms with Gasteiger partial charge in [-0.3, -0.25) is 4.79 Å². The normalized spacial score (nSPS) is 11.0. The van der Waals surface area contributed by atoms with E-state index in [0.717, 1.165) is 5.56 Å². The molecular formula is C21H24F3N3O3. The van der Waals surface area contributed by atoms with Gasteiger partial charge in [0.25, 0.3) is 0 Å². The predicted molar refractivity (Wildman–Crippen MR) is 107 cm³/mol. The molecule has 2 aromatic carbocycles. The molecule has 0 atom stereocenters. The summed E-state index contributed by atoms with van der Waals surface area (Å²) in [4.78, 5) is 25.7. The summed E-state index contributed by atoms with van der Waals surface area (Å²) in [7, 11) is 1.64. The molecule has 0 saturated carbocycles. The molecule has 0 bridgehead atoms. The SMILES string of the molecule is Cc1ccc(NC(=O)CCNC(=O)N(C)Cc2ccccc2)c(OCC(F)(F)F)c1. The van der Waals surface area contributed by atoms with Crippen LogP contribution in [-0.4, -0.2) is 43.2 Å². The Kier molecular flexibility index (Phi) is 8.08. The third kappa shape index (κ3) is 8.02. The summed E-state index contributed by atoms with van der Waals surface area (Å²) < 4.78 is 42.1. The number of ether oxygens (including phenoxy) is 1. The molecule has 0 heterocycles. The van der Waals surface area contributed by atoms with Crippen molar-refractivity contribution in [2.24, 2.45) is 0 Å². The second kappa shape index (κ2) is 10.5. The second-order valence-electron chi connectivity index (χ2n) is 6.78. The molecule has 30 heavy (non-hydrogen) atoms. The van der Waals surface area contributed by atoms with Crippen LogP contribution in [0.15, 0.2) is 48.5 Å². The smallest absolute Gasteiger partial charge is 0.422 e. The number of alkyl halides is 3. The van der Waals surface area contributed by atoms with E-state index in [4.69, 9.17) is 4.74 Å². The van der Waals surface area contributed by atoms with Crippen molar-refractivity contribution in [1.82, 2.24) is 10.2 Å². The fourth-order valence-electron chi connectivity index (χ4n) is 2.57. The molecule has 0 aliphatic rings. The Bertz CT molecular complexity index is 858. The van der Waals surface area contributed by atoms with Crippen LogP contribution in [0.3, 0.4) is 0 Å². The number of anilines is 1. The molecule has 3 amide bonds. The number of carbonyl (C=O) groups excluding carboxylic acids is 2. The zero-order chi connectivity index (χ0) is 22.1. The van der Waals surface area contributed by atoms with E-state index in [-0.39, 0.29) is 30.4 Å². The molecule has 6 nitrogen and oxygen atoms in total. The number of hydrogen-bond acceptors (Lipinski definition) is 3. The maximum absolute atomic E-state index is 12.4. The Hall–Kier alpha value is -3.23. The quantitative estimate of drug-likeness (QED) is 0.672. The predicted octanol–water partition coefficient (Wildman–Crippen LogP) is 4.11. The van der Waals surface area contributed by atoms with E-state index < -0.39 is 18.7 Å². The van der Waals surface area contributed by atoms with Crippen LogP contribution in [0.1, 0.15) is 17.5 Å². The van der Waals surface area contributed by atoms with Crippen LogP contribution < -0.4 is 15.4 Å². The van der Waals surface area contributed by atoms with Crippen molar-refractivity contribution in [2.75, 3.05) is 25.5 Å². The van der Waals surface area contributed by atoms with Crippen LogP contribution in [0.25, 0.3) is 0 Å². The highest BCUT2D eigenvalue weighted by atomic mass is 19.4. The van der Waals surface area contributed by atoms with Crippen LogP contribution in [0, 0.1) is 6.92 Å². The number of nitrogens with one attached hydrogen (secondary N) is 2. The number of nitrogens with zero attached hydrogens (tertiary/aromatic N) is 1. The van der Waals surface area contributed by atoms with Crippen LogP contribution in [0.5, 0.6) is 5.75 Å². The summed E-state index contributed by atoms with van der Waals surface area (Å²) >= 11 is 0. The van der Waals surface area contributed by atoms with E-state index in [2.05, 4.69) is 10.6 Å². The van der Waals surface area contributed by atoms with Gasteiger partial charge in [-0.1, -0.05) is 36.4 Å². The van der Waals surface area contributed by atoms with Gasteiger partial charge in [-0.05, 0) is 30.2 Å². The van der Waals surface area contributed by atoms with E-state index in [1.165, 1.54) is 17.0 Å². The van der Waals surface area contributed by atoms with Crippen molar-refractivity contribution in [3.05, 3.63) is 59.7 Å². The molecule has 2 N–H and O–H groups in total. The molecule has 0 aromatic heterocycles. The van der Waals surface area contributed by atoms with Crippen LogP contribution in [0.2, 0.25) is 0 Å². The Balaban J connectivity index is 1.82. The summed E-state index contributed by atoms with van der Waals surface area (Å²) in [6.07, 6.45) is -4.53. The summed E-state index contributed by atoms with van der Waals surface area (Å²) in [5, 5.41) is 5.15. The average molecular weight is 423 g/mol. The van der Waals surface area contributed by atoms with Gasteiger partial charge in [-0.25, -0.2) is 4.79 Å². The number of amides is 3. The lowest BCUT2D eigenvalue weighted by Crippen LogP contribution is -2.38. The molecular weight excluding hydrogens is 399 g/mol. The molecule has 0 saturated heterocycles. The molecule has 0 spiro atoms. The molecule has 2 aromatic rings. The van der Waals surface area contributed by atoms with Gasteiger partial charge in [0.15, 0.2) is 6.61 Å². The number of rotatable bonds is 8. The van der Waals surface area contributed by atoms with Crippen molar-refractivity contribution in [3.8, 4) is 5.75 Å². The number of carbonyl (C=O) groups is 2. The van der Waals surface area contributed by atoms with Crippen LogP contribution in [-0.2, 0) is 11.3 Å². The molecule has 0 aliphatic heterocycles. The molecule has 0 aliphatic carbocycles. The standard InChI is InChI=1S/C21H24F3N3O3/c1-15-8-9-17(18(12-15)30-14-21(22,23)24)26-19(28)10-11-25-20(29)27(2)13-16-6-4-3-5-7-16/h3-9,12H,10-11,13-14H2,1-2H3,(H,25,29)(H,26,28). The minimum atomic E-state index is -4.49. The van der Waals surface area contributed by atoms with E-state index in [1.54, 1.807) is 20.0 Å². The monoisotopic (exact) mass is 423 g/mol. The molecule has 9 heteroatoms. The number of aryl methyl sites for hydroxylation is 1. The molecule has 0 fully saturated rings. The topological polar surface area (TPSA) is 70.7 Å². The first-order valence-corrected chi connectivity index (χ1v) is 9.27. The van der Waals surface area contributed by atoms with Crippen molar-refractivity contribution in [2.45, 2.75) is 26.1 Å². The molecule has 162 valence electrons. The molecule has 0 unspecified atom stereocenters. The highest BCUT2D eigenvalue weighted by molar-refractivity contribution is 5.92. The lowest BCUT2D eigenvalue weighted by Gasteiger charge is -2.18. The third-order valence-electron chi connectivity index (χ3n) is 4.04. The number of urea groups is 1. The van der Waals surface area contributed by atoms with E-state index >= 15 is 0 Å². The fourth-order valence-corrected chi connectivity index (χ4v) is 2.57. The number of hydrogen-bond donors (Lipinski definition) is 2. The van der Waals surface area contributed by atoms with Gasteiger partial charge in [0.05, 0.1) is 5.69 Å². The number of halogens is 3. The molecule has 2 rings (SSSR count). The Morgan fingerprint density at radius 1 is 1.10 bits per heavy atom. The summed E-state index contributed by atoms with van der Waals surface area (Å²) in [5.41, 5.74) is 1.81. The zero-order valence-electron chi connectivity index (χ0n) is 16.8. The average Bonchev–Trinajstić information content (AvgIpc) is 2.68. The van der Waals surface area contributed by atoms with Crippen molar-refractivity contribution < 1.29 is 27.5 Å². The minimum Gasteiger partial charge on any atom is -0.482 e. The van der Waals surface area contributed by atoms with Gasteiger partial charge < -0.3 is 20.3 Å². The van der Waals surface area contributed by atoms with Crippen molar-refractivity contribution >= 4 is 17.6 Å². The van der Waals surface area contributed by atoms with Gasteiger partial charge in [0, 0.05) is 26.6 Å². The Labute approximate surface area is 173 Å². The highest BCUT2D eigenvalue weighted by Gasteiger charge is 2.29. The highest BCUT2D eigenvalue weighted by Crippen LogP contribution is 2.28. The maximum Gasteiger partial charge on any atom is 0.422 e. The maximum atomic E-state index is 12.4. The zero-order valence-corrected chi connectivity index (χ0v) is 16.8. The van der Waals surface area contributed by atoms with E-state index in [9.17, 15) is 22.8 Å². The van der Waals surface area contributed by atoms with Crippen LogP contribution >= 0.6 is 0 Å². The first kappa shape index (κ1) is 23.1. The van der Waals surface area contributed by atoms with E-state index in [0.29, 0.717) is 12.1 Å². The lowest BCUT2D eigenvalue weighted by atomic mass is 10.2. The fraction of sp³-hybridized carbons (Fsp3) is 0.333. The van der Waals surface area contributed by atoms with E-state index in [1.807, 2.05) is 30.3 Å². The first-order chi connectivity index (χ1) is 14.1. The Morgan fingerprint density at radius 2 is 1.80 bits per heavy atom. The minimum absolute atomic E-state index is 0.0441. The third-order valence-corrected chi connectivity index (χ3v) is 4.04. The van der Waals surface area contributed by atoms with Gasteiger partial charge in [0.1, 0.15) is 5.75 Å². The van der Waals surface area contributed by atoms with Gasteiger partial charge in [-0.2, -0.15) is 13.2 Å². The number of benzene rings is 2. The van der Waals surface area contributed by atoms with Crippen LogP contribution in [0.4, 0.5) is 23.7 Å². The lowest BCUT2D eigenvalue weighted by molar-refractivity contribution is -0.153. The second-order valence-corrected chi connectivity index (χ2v) is 6.78. The van der Waals surface area contributed by atoms with Crippen molar-refractivity contribution in [1.29, 1.82) is 0 Å². The van der Waals surface area contributed by atoms with Gasteiger partial charge >= 0.3 is 12.2 Å². The molecule has 0 radical (unpaired) electrons. The van der Waals surface area contributed by atoms with Gasteiger partial charge in [0.2, 0.25) is 5.91 Å². The summed E-state index contributed by atoms with van der Waals surface area (Å²) in [6.45, 7) is 0.743. The van der Waals surface area contributed by atoms with Crippen molar-refractivity contribution in [3.63, 3.8) is 0 Å². The summed E-state index contributed by atoms with van der Waals surface area (Å²) in [5.74, 6) is -0.519. The summed E-state index contributed by atoms with van der Waals surface area (Å²) in [6, 6.07) is 13.6.